The maximum atomic E-state index is 12.0. The Hall–Kier alpha value is -4.43. The minimum Gasteiger partial charge on any atom is -0.282 e. The van der Waals surface area contributed by atoms with E-state index >= 15 is 0 Å². The van der Waals surface area contributed by atoms with Crippen LogP contribution in [-0.2, 0) is 30.4 Å². The van der Waals surface area contributed by atoms with Gasteiger partial charge in [0.25, 0.3) is 30.4 Å². The maximum Gasteiger partial charge on any atom is 0.297 e. The highest BCUT2D eigenvalue weighted by Crippen LogP contribution is 2.44. The van der Waals surface area contributed by atoms with E-state index in [1.54, 1.807) is 18.2 Å². The molecule has 44 heavy (non-hydrogen) atoms. The summed E-state index contributed by atoms with van der Waals surface area (Å²) in [4.78, 5) is -4.26. The van der Waals surface area contributed by atoms with Crippen molar-refractivity contribution < 1.29 is 38.9 Å². The summed E-state index contributed by atoms with van der Waals surface area (Å²) in [7, 11) is -16.2. The van der Waals surface area contributed by atoms with Gasteiger partial charge in [-0.25, -0.2) is 0 Å². The molecule has 0 saturated carbocycles. The topological polar surface area (TPSA) is 163 Å². The third kappa shape index (κ3) is 4.34. The number of rotatable bonds is 3. The monoisotopic (exact) mass is 644 g/mol. The van der Waals surface area contributed by atoms with Crippen molar-refractivity contribution in [2.45, 2.75) is 14.7 Å². The van der Waals surface area contributed by atoms with Gasteiger partial charge in [0.1, 0.15) is 14.7 Å². The molecule has 0 unspecified atom stereocenters. The van der Waals surface area contributed by atoms with Crippen molar-refractivity contribution in [3.63, 3.8) is 0 Å². The van der Waals surface area contributed by atoms with Gasteiger partial charge in [0.05, 0.1) is 0 Å². The zero-order valence-electron chi connectivity index (χ0n) is 22.3. The van der Waals surface area contributed by atoms with Crippen molar-refractivity contribution in [3.05, 3.63) is 103 Å². The van der Waals surface area contributed by atoms with Crippen LogP contribution < -0.4 is 0 Å². The molecule has 0 bridgehead atoms. The second kappa shape index (κ2) is 9.53. The Morgan fingerprint density at radius 2 is 0.568 bits per heavy atom. The van der Waals surface area contributed by atoms with Crippen LogP contribution in [0, 0.1) is 0 Å². The molecular weight excluding hydrogens is 625 g/mol. The lowest BCUT2D eigenvalue weighted by Gasteiger charge is -2.18. The van der Waals surface area contributed by atoms with Gasteiger partial charge in [-0.15, -0.1) is 0 Å². The molecular formula is C32H20O9S3. The summed E-state index contributed by atoms with van der Waals surface area (Å²) in [6.45, 7) is 0. The highest BCUT2D eigenvalue weighted by atomic mass is 32.2. The molecule has 0 amide bonds. The van der Waals surface area contributed by atoms with Crippen LogP contribution in [0.4, 0.5) is 0 Å². The zero-order chi connectivity index (χ0) is 31.2. The van der Waals surface area contributed by atoms with E-state index in [0.717, 1.165) is 0 Å². The maximum absolute atomic E-state index is 12.0. The van der Waals surface area contributed by atoms with E-state index in [4.69, 9.17) is 0 Å². The first kappa shape index (κ1) is 28.3. The fourth-order valence-corrected chi connectivity index (χ4v) is 9.81. The quantitative estimate of drug-likeness (QED) is 0.137. The van der Waals surface area contributed by atoms with E-state index in [1.807, 2.05) is 0 Å². The second-order valence-corrected chi connectivity index (χ2v) is 14.5. The normalized spacial score (nSPS) is 13.0. The van der Waals surface area contributed by atoms with Gasteiger partial charge in [0, 0.05) is 16.2 Å². The van der Waals surface area contributed by atoms with E-state index in [9.17, 15) is 38.9 Å². The molecule has 3 N–H and O–H groups in total. The Morgan fingerprint density at radius 3 is 0.841 bits per heavy atom. The predicted octanol–water partition coefficient (Wildman–Crippen LogP) is 6.91. The molecule has 0 fully saturated rings. The highest BCUT2D eigenvalue weighted by Gasteiger charge is 2.37. The van der Waals surface area contributed by atoms with Crippen LogP contribution in [0.15, 0.2) is 118 Å². The lowest BCUT2D eigenvalue weighted by Crippen LogP contribution is -2.16. The molecule has 0 aromatic heterocycles. The summed E-state index contributed by atoms with van der Waals surface area (Å²) in [5.41, 5.74) is 0. The van der Waals surface area contributed by atoms with Crippen molar-refractivity contribution >= 4 is 95.0 Å². The smallest absolute Gasteiger partial charge is 0.282 e. The molecule has 0 spiro atoms. The van der Waals surface area contributed by atoms with Crippen molar-refractivity contribution in [3.8, 4) is 0 Å². The van der Waals surface area contributed by atoms with Gasteiger partial charge in [0.2, 0.25) is 0 Å². The van der Waals surface area contributed by atoms with Gasteiger partial charge < -0.3 is 0 Å². The third-order valence-electron chi connectivity index (χ3n) is 7.85. The minimum absolute atomic E-state index is 0.00301. The van der Waals surface area contributed by atoms with Crippen LogP contribution in [0.3, 0.4) is 0 Å². The van der Waals surface area contributed by atoms with E-state index in [-0.39, 0.29) is 16.2 Å². The lowest BCUT2D eigenvalue weighted by atomic mass is 9.94. The van der Waals surface area contributed by atoms with Crippen molar-refractivity contribution in [2.75, 3.05) is 0 Å². The first-order valence-corrected chi connectivity index (χ1v) is 17.4. The molecule has 0 atom stereocenters. The van der Waals surface area contributed by atoms with Crippen LogP contribution in [0.1, 0.15) is 0 Å². The molecule has 9 nitrogen and oxygen atoms in total. The average molecular weight is 645 g/mol. The summed E-state index contributed by atoms with van der Waals surface area (Å²) in [5, 5.41) is 9.07. The Labute approximate surface area is 250 Å². The van der Waals surface area contributed by atoms with Crippen LogP contribution >= 0.6 is 0 Å². The fourth-order valence-electron chi connectivity index (χ4n) is 6.22. The molecule has 0 aliphatic carbocycles. The van der Waals surface area contributed by atoms with Crippen LogP contribution in [0.5, 0.6) is 0 Å². The number of hydrogen-bond donors (Lipinski definition) is 3. The summed E-state index contributed by atoms with van der Waals surface area (Å²) in [5.74, 6) is 0. The molecule has 8 aromatic rings. The number of hydrogen-bond acceptors (Lipinski definition) is 6. The van der Waals surface area contributed by atoms with Gasteiger partial charge in [-0.2, -0.15) is 25.3 Å². The molecule has 8 rings (SSSR count). The molecule has 0 radical (unpaired) electrons. The summed E-state index contributed by atoms with van der Waals surface area (Å²) in [6, 6.07) is 32.2. The molecule has 0 heterocycles. The standard InChI is InChI=1S/C16H10O9S3.C16H10/c17-26(18,19)14-10-6-4-8-2-1-3-9-5-7-11(13(10)12(8)9)15(27(20,21)22)16(14)28(23,24)25;1-3-11-7-9-13-5-2-6-14-10-8-12(4-1)15(11)16(13)14/h1-7H,(H,17,18,19)(H,20,21,22)(H,23,24,25);1-10H. The van der Waals surface area contributed by atoms with Crippen molar-refractivity contribution in [2.24, 2.45) is 0 Å². The Morgan fingerprint density at radius 1 is 0.318 bits per heavy atom. The molecule has 0 saturated heterocycles. The van der Waals surface area contributed by atoms with Gasteiger partial charge in [-0.05, 0) is 48.5 Å². The number of benzene rings is 8. The minimum atomic E-state index is -5.50. The van der Waals surface area contributed by atoms with Crippen LogP contribution in [0.2, 0.25) is 0 Å². The Balaban J connectivity index is 0.000000164. The van der Waals surface area contributed by atoms with E-state index in [0.29, 0.717) is 16.2 Å². The van der Waals surface area contributed by atoms with Crippen LogP contribution in [0.25, 0.3) is 64.6 Å². The highest BCUT2D eigenvalue weighted by molar-refractivity contribution is 7.90. The van der Waals surface area contributed by atoms with Gasteiger partial charge in [-0.3, -0.25) is 13.7 Å². The molecule has 12 heteroatoms. The summed E-state index contributed by atoms with van der Waals surface area (Å²) in [6.07, 6.45) is 0. The van der Waals surface area contributed by atoms with Gasteiger partial charge >= 0.3 is 0 Å². The van der Waals surface area contributed by atoms with E-state index < -0.39 is 45.0 Å². The second-order valence-electron chi connectivity index (χ2n) is 10.4. The van der Waals surface area contributed by atoms with Gasteiger partial charge in [-0.1, -0.05) is 103 Å². The molecule has 0 aliphatic rings. The third-order valence-corrected chi connectivity index (χ3v) is 10.9. The zero-order valence-corrected chi connectivity index (χ0v) is 24.8. The Bertz CT molecular complexity index is 2560. The van der Waals surface area contributed by atoms with Gasteiger partial charge in [0.15, 0.2) is 0 Å². The SMILES string of the molecule is O=S(=O)(O)c1c(S(=O)(=O)O)c2ccc3cccc4ccc(c1S(=O)(=O)O)c2c34.c1cc2ccc3cccc4ccc(c1)c2c34. The predicted molar refractivity (Wildman–Crippen MR) is 170 cm³/mol. The van der Waals surface area contributed by atoms with E-state index in [1.165, 1.54) is 56.6 Å². The average Bonchev–Trinajstić information content (AvgIpc) is 2.97. The molecule has 0 aliphatic heterocycles. The summed E-state index contributed by atoms with van der Waals surface area (Å²) >= 11 is 0. The first-order chi connectivity index (χ1) is 20.7. The fraction of sp³-hybridized carbons (Fsp3) is 0. The van der Waals surface area contributed by atoms with Crippen molar-refractivity contribution in [1.29, 1.82) is 0 Å². The van der Waals surface area contributed by atoms with Crippen LogP contribution in [-0.4, -0.2) is 38.9 Å². The van der Waals surface area contributed by atoms with Crippen molar-refractivity contribution in [1.82, 2.24) is 0 Å². The lowest BCUT2D eigenvalue weighted by molar-refractivity contribution is 0.458. The Kier molecular flexibility index (Phi) is 6.14. The largest absolute Gasteiger partial charge is 0.297 e. The summed E-state index contributed by atoms with van der Waals surface area (Å²) < 4.78 is 101. The van der Waals surface area contributed by atoms with E-state index in [2.05, 4.69) is 60.7 Å². The molecule has 220 valence electrons. The molecule has 8 aromatic carbocycles. The first-order valence-electron chi connectivity index (χ1n) is 13.0.